The Hall–Kier alpha value is 0.557. The molecule has 0 N–H and O–H groups in total. The fourth-order valence-corrected chi connectivity index (χ4v) is 0.882. The van der Waals surface area contributed by atoms with Gasteiger partial charge >= 0.3 is 18.9 Å². The first-order chi connectivity index (χ1) is 4.41. The first-order valence-corrected chi connectivity index (χ1v) is 4.00. The molecule has 0 heterocycles. The number of unbranched alkanes of at least 4 members (excludes halogenated alkanes) is 5. The molecule has 0 atom stereocenters. The molecule has 1 nitrogen and oxygen atoms in total. The predicted molar refractivity (Wildman–Crippen MR) is 38.2 cm³/mol. The van der Waals surface area contributed by atoms with Gasteiger partial charge < -0.3 is 5.11 Å². The summed E-state index contributed by atoms with van der Waals surface area (Å²) in [7, 11) is 0. The molecule has 0 fully saturated rings. The molecule has 0 bridgehead atoms. The van der Waals surface area contributed by atoms with E-state index < -0.39 is 0 Å². The number of hydrogen-bond donors (Lipinski definition) is 0. The van der Waals surface area contributed by atoms with Gasteiger partial charge in [-0.3, -0.25) is 0 Å². The Kier molecular flexibility index (Phi) is 16.1. The van der Waals surface area contributed by atoms with Crippen molar-refractivity contribution in [2.75, 3.05) is 6.61 Å². The van der Waals surface area contributed by atoms with Crippen molar-refractivity contribution in [3.05, 3.63) is 0 Å². The summed E-state index contributed by atoms with van der Waals surface area (Å²) in [4.78, 5) is 0. The van der Waals surface area contributed by atoms with Gasteiger partial charge in [0.15, 0.2) is 0 Å². The van der Waals surface area contributed by atoms with Gasteiger partial charge in [-0.25, -0.2) is 0 Å². The Labute approximate surface area is 76.4 Å². The van der Waals surface area contributed by atoms with Crippen LogP contribution in [-0.4, -0.2) is 6.61 Å². The van der Waals surface area contributed by atoms with Crippen LogP contribution in [0.15, 0.2) is 0 Å². The normalized spacial score (nSPS) is 9.00. The largest absolute Gasteiger partial charge is 1.00 e. The van der Waals surface area contributed by atoms with Gasteiger partial charge in [0, 0.05) is 0 Å². The minimum atomic E-state index is 0. The van der Waals surface area contributed by atoms with E-state index in [1.54, 1.807) is 0 Å². The maximum absolute atomic E-state index is 9.96. The van der Waals surface area contributed by atoms with E-state index in [2.05, 4.69) is 6.92 Å². The van der Waals surface area contributed by atoms with Crippen LogP contribution in [-0.2, 0) is 0 Å². The van der Waals surface area contributed by atoms with Crippen molar-refractivity contribution in [1.29, 1.82) is 0 Å². The molecule has 0 aromatic heterocycles. The summed E-state index contributed by atoms with van der Waals surface area (Å²) in [5, 5.41) is 9.96. The molecular formula is C8H17LiO. The van der Waals surface area contributed by atoms with Crippen molar-refractivity contribution in [1.82, 2.24) is 0 Å². The maximum Gasteiger partial charge on any atom is 1.00 e. The summed E-state index contributed by atoms with van der Waals surface area (Å²) in [6.07, 6.45) is 7.22. The van der Waals surface area contributed by atoms with Crippen LogP contribution < -0.4 is 24.0 Å². The first kappa shape index (κ1) is 13.2. The third kappa shape index (κ3) is 11.4. The second-order valence-electron chi connectivity index (χ2n) is 2.47. The van der Waals surface area contributed by atoms with E-state index in [0.29, 0.717) is 0 Å². The molecule has 0 aromatic carbocycles. The van der Waals surface area contributed by atoms with Gasteiger partial charge in [0.2, 0.25) is 0 Å². The average molecular weight is 136 g/mol. The SMILES string of the molecule is CCCCCCCC[O-].[Li+]. The van der Waals surface area contributed by atoms with Gasteiger partial charge in [-0.15, -0.1) is 6.61 Å². The van der Waals surface area contributed by atoms with Gasteiger partial charge in [0.1, 0.15) is 0 Å². The molecule has 0 aromatic rings. The smallest absolute Gasteiger partial charge is 0.854 e. The molecule has 10 heavy (non-hydrogen) atoms. The summed E-state index contributed by atoms with van der Waals surface area (Å²) in [5.74, 6) is 0. The topological polar surface area (TPSA) is 23.1 Å². The minimum Gasteiger partial charge on any atom is -0.854 e. The van der Waals surface area contributed by atoms with Gasteiger partial charge in [-0.2, -0.15) is 0 Å². The predicted octanol–water partition coefficient (Wildman–Crippen LogP) is -1.29. The summed E-state index contributed by atoms with van der Waals surface area (Å²) in [6.45, 7) is 2.32. The zero-order valence-electron chi connectivity index (χ0n) is 7.36. The second-order valence-corrected chi connectivity index (χ2v) is 2.47. The zero-order chi connectivity index (χ0) is 6.95. The van der Waals surface area contributed by atoms with Crippen molar-refractivity contribution in [3.8, 4) is 0 Å². The van der Waals surface area contributed by atoms with Crippen LogP contribution in [0.1, 0.15) is 45.4 Å². The van der Waals surface area contributed by atoms with Crippen LogP contribution in [0.3, 0.4) is 0 Å². The van der Waals surface area contributed by atoms with Crippen LogP contribution in [0, 0.1) is 0 Å². The summed E-state index contributed by atoms with van der Waals surface area (Å²) < 4.78 is 0. The molecule has 0 radical (unpaired) electrons. The Morgan fingerprint density at radius 1 is 0.900 bits per heavy atom. The zero-order valence-corrected chi connectivity index (χ0v) is 7.36. The van der Waals surface area contributed by atoms with Gasteiger partial charge in [-0.1, -0.05) is 45.4 Å². The molecule has 0 spiro atoms. The minimum absolute atomic E-state index is 0. The van der Waals surface area contributed by atoms with Gasteiger partial charge in [0.25, 0.3) is 0 Å². The number of rotatable bonds is 6. The van der Waals surface area contributed by atoms with Crippen LogP contribution >= 0.6 is 0 Å². The molecule has 2 heteroatoms. The second kappa shape index (κ2) is 12.3. The summed E-state index contributed by atoms with van der Waals surface area (Å²) in [5.41, 5.74) is 0. The molecule has 0 unspecified atom stereocenters. The van der Waals surface area contributed by atoms with Crippen LogP contribution in [0.2, 0.25) is 0 Å². The maximum atomic E-state index is 9.96. The molecule has 56 valence electrons. The van der Waals surface area contributed by atoms with Crippen molar-refractivity contribution in [3.63, 3.8) is 0 Å². The summed E-state index contributed by atoms with van der Waals surface area (Å²) >= 11 is 0. The van der Waals surface area contributed by atoms with E-state index in [9.17, 15) is 5.11 Å². The molecule has 0 saturated carbocycles. The molecule has 0 amide bonds. The van der Waals surface area contributed by atoms with Crippen molar-refractivity contribution in [2.45, 2.75) is 45.4 Å². The monoisotopic (exact) mass is 136 g/mol. The fourth-order valence-electron chi connectivity index (χ4n) is 0.882. The Balaban J connectivity index is 0. The Bertz CT molecular complexity index is 42.5. The standard InChI is InChI=1S/C8H17O.Li/c1-2-3-4-5-6-7-8-9;/h2-8H2,1H3;/q-1;+1. The van der Waals surface area contributed by atoms with Crippen LogP contribution in [0.25, 0.3) is 0 Å². The first-order valence-electron chi connectivity index (χ1n) is 4.00. The molecule has 0 rings (SSSR count). The molecule has 0 aliphatic heterocycles. The van der Waals surface area contributed by atoms with Crippen LogP contribution in [0.4, 0.5) is 0 Å². The van der Waals surface area contributed by atoms with E-state index >= 15 is 0 Å². The van der Waals surface area contributed by atoms with Crippen LogP contribution in [0.5, 0.6) is 0 Å². The fraction of sp³-hybridized carbons (Fsp3) is 1.00. The van der Waals surface area contributed by atoms with E-state index in [4.69, 9.17) is 0 Å². The van der Waals surface area contributed by atoms with Crippen molar-refractivity contribution in [2.24, 2.45) is 0 Å². The third-order valence-electron chi connectivity index (χ3n) is 1.50. The Morgan fingerprint density at radius 2 is 1.40 bits per heavy atom. The molecule has 0 aliphatic carbocycles. The molecular weight excluding hydrogens is 119 g/mol. The average Bonchev–Trinajstić information content (AvgIpc) is 1.89. The van der Waals surface area contributed by atoms with E-state index in [0.717, 1.165) is 12.8 Å². The van der Waals surface area contributed by atoms with Gasteiger partial charge in [0.05, 0.1) is 0 Å². The Morgan fingerprint density at radius 3 is 1.90 bits per heavy atom. The van der Waals surface area contributed by atoms with Crippen molar-refractivity contribution < 1.29 is 24.0 Å². The number of hydrogen-bond acceptors (Lipinski definition) is 1. The van der Waals surface area contributed by atoms with Crippen molar-refractivity contribution >= 4 is 0 Å². The van der Waals surface area contributed by atoms with Gasteiger partial charge in [-0.05, 0) is 0 Å². The van der Waals surface area contributed by atoms with E-state index in [1.165, 1.54) is 25.7 Å². The van der Waals surface area contributed by atoms with E-state index in [-0.39, 0.29) is 25.5 Å². The molecule has 0 aliphatic rings. The van der Waals surface area contributed by atoms with E-state index in [1.807, 2.05) is 0 Å². The summed E-state index contributed by atoms with van der Waals surface area (Å²) in [6, 6.07) is 0. The molecule has 0 saturated heterocycles. The third-order valence-corrected chi connectivity index (χ3v) is 1.50. The quantitative estimate of drug-likeness (QED) is 0.329.